The second-order valence-corrected chi connectivity index (χ2v) is 8.04. The fourth-order valence-electron chi connectivity index (χ4n) is 3.18. The monoisotopic (exact) mass is 487 g/mol. The van der Waals surface area contributed by atoms with Crippen LogP contribution in [0.25, 0.3) is 11.3 Å². The number of nitrogens with one attached hydrogen (secondary N) is 2. The predicted molar refractivity (Wildman–Crippen MR) is 132 cm³/mol. The largest absolute Gasteiger partial charge is 0.324 e. The van der Waals surface area contributed by atoms with Gasteiger partial charge in [0.15, 0.2) is 0 Å². The summed E-state index contributed by atoms with van der Waals surface area (Å²) >= 11 is 3.43. The molecule has 2 N–H and O–H groups in total. The first-order valence-corrected chi connectivity index (χ1v) is 11.3. The summed E-state index contributed by atoms with van der Waals surface area (Å²) in [5, 5.41) is 7.12. The summed E-state index contributed by atoms with van der Waals surface area (Å²) < 4.78 is 0. The van der Waals surface area contributed by atoms with Crippen LogP contribution in [0.3, 0.4) is 0 Å². The third-order valence-electron chi connectivity index (χ3n) is 4.95. The zero-order valence-corrected chi connectivity index (χ0v) is 19.1. The zero-order valence-electron chi connectivity index (χ0n) is 17.5. The van der Waals surface area contributed by atoms with Crippen molar-refractivity contribution in [2.75, 3.05) is 16.0 Å². The number of nitrogens with zero attached hydrogens (tertiary/aromatic N) is 3. The highest BCUT2D eigenvalue weighted by molar-refractivity contribution is 9.09. The van der Waals surface area contributed by atoms with E-state index in [9.17, 15) is 4.79 Å². The highest BCUT2D eigenvalue weighted by Crippen LogP contribution is 2.24. The number of hydrogen-bond donors (Lipinski definition) is 2. The molecule has 0 atom stereocenters. The first-order valence-electron chi connectivity index (χ1n) is 10.2. The molecular weight excluding hydrogens is 466 g/mol. The Morgan fingerprint density at radius 3 is 2.62 bits per heavy atom. The van der Waals surface area contributed by atoms with Gasteiger partial charge < -0.3 is 10.6 Å². The van der Waals surface area contributed by atoms with Gasteiger partial charge in [-0.3, -0.25) is 9.78 Å². The van der Waals surface area contributed by atoms with Crippen molar-refractivity contribution in [2.24, 2.45) is 0 Å². The maximum Gasteiger partial charge on any atom is 0.255 e. The van der Waals surface area contributed by atoms with Crippen molar-refractivity contribution in [1.29, 1.82) is 0 Å². The highest BCUT2D eigenvalue weighted by Gasteiger charge is 2.09. The third kappa shape index (κ3) is 5.36. The fourth-order valence-corrected chi connectivity index (χ4v) is 3.64. The molecule has 0 aliphatic carbocycles. The molecule has 2 aromatic carbocycles. The molecule has 4 aromatic rings. The topological polar surface area (TPSA) is 79.8 Å². The Morgan fingerprint density at radius 1 is 1.03 bits per heavy atom. The quantitative estimate of drug-likeness (QED) is 0.323. The van der Waals surface area contributed by atoms with Crippen LogP contribution >= 0.6 is 15.9 Å². The van der Waals surface area contributed by atoms with Crippen molar-refractivity contribution in [3.05, 3.63) is 95.9 Å². The van der Waals surface area contributed by atoms with Gasteiger partial charge in [0.1, 0.15) is 0 Å². The first-order chi connectivity index (χ1) is 15.6. The van der Waals surface area contributed by atoms with Crippen LogP contribution in [0.1, 0.15) is 21.5 Å². The number of halogens is 1. The minimum atomic E-state index is -0.153. The maximum absolute atomic E-state index is 12.7. The van der Waals surface area contributed by atoms with Gasteiger partial charge in [-0.1, -0.05) is 34.1 Å². The van der Waals surface area contributed by atoms with E-state index in [1.54, 1.807) is 18.6 Å². The van der Waals surface area contributed by atoms with Crippen LogP contribution in [0.15, 0.2) is 79.3 Å². The number of alkyl halides is 1. The Labute approximate surface area is 195 Å². The molecular formula is C25H22BrN5O. The van der Waals surface area contributed by atoms with Gasteiger partial charge in [-0.2, -0.15) is 0 Å². The van der Waals surface area contributed by atoms with Crippen molar-refractivity contribution >= 4 is 39.2 Å². The Kier molecular flexibility index (Phi) is 6.87. The lowest BCUT2D eigenvalue weighted by molar-refractivity contribution is 0.102. The number of carbonyl (C=O) groups is 1. The summed E-state index contributed by atoms with van der Waals surface area (Å²) in [6, 6.07) is 19.0. The van der Waals surface area contributed by atoms with E-state index >= 15 is 0 Å². The van der Waals surface area contributed by atoms with Crippen LogP contribution in [-0.4, -0.2) is 26.2 Å². The van der Waals surface area contributed by atoms with E-state index in [2.05, 4.69) is 41.5 Å². The average Bonchev–Trinajstić information content (AvgIpc) is 2.83. The number of rotatable bonds is 7. The van der Waals surface area contributed by atoms with Gasteiger partial charge >= 0.3 is 0 Å². The van der Waals surface area contributed by atoms with Crippen LogP contribution < -0.4 is 10.6 Å². The molecule has 160 valence electrons. The van der Waals surface area contributed by atoms with Gasteiger partial charge in [-0.25, -0.2) is 9.97 Å². The fraction of sp³-hybridized carbons (Fsp3) is 0.120. The molecule has 2 aromatic heterocycles. The van der Waals surface area contributed by atoms with Gasteiger partial charge in [0, 0.05) is 46.4 Å². The maximum atomic E-state index is 12.7. The van der Waals surface area contributed by atoms with Crippen LogP contribution in [-0.2, 0) is 6.42 Å². The number of anilines is 3. The second kappa shape index (κ2) is 10.2. The Bertz CT molecular complexity index is 1210. The highest BCUT2D eigenvalue weighted by atomic mass is 79.9. The Morgan fingerprint density at radius 2 is 1.88 bits per heavy atom. The van der Waals surface area contributed by atoms with Gasteiger partial charge in [0.05, 0.1) is 5.69 Å². The SMILES string of the molecule is Cc1ccc(NC(=O)c2ccc(CCBr)cc2)cc1Nc1nccc(-c2cccnc2)n1. The van der Waals surface area contributed by atoms with Crippen molar-refractivity contribution in [2.45, 2.75) is 13.3 Å². The number of carbonyl (C=O) groups excluding carboxylic acids is 1. The number of aromatic nitrogens is 3. The van der Waals surface area contributed by atoms with Gasteiger partial charge in [0.2, 0.25) is 5.95 Å². The standard InChI is InChI=1S/C25H22BrN5O/c1-17-4-9-21(29-24(32)19-7-5-18(6-8-19)10-12-26)15-23(17)31-25-28-14-11-22(30-25)20-3-2-13-27-16-20/h2-9,11,13-16H,10,12H2,1H3,(H,29,32)(H,28,30,31). The summed E-state index contributed by atoms with van der Waals surface area (Å²) in [5.41, 5.74) is 6.02. The number of aryl methyl sites for hydroxylation is 2. The van der Waals surface area contributed by atoms with E-state index < -0.39 is 0 Å². The second-order valence-electron chi connectivity index (χ2n) is 7.25. The van der Waals surface area contributed by atoms with Crippen molar-refractivity contribution in [1.82, 2.24) is 15.0 Å². The van der Waals surface area contributed by atoms with Gasteiger partial charge in [-0.15, -0.1) is 0 Å². The minimum absolute atomic E-state index is 0.153. The first kappa shape index (κ1) is 21.6. The van der Waals surface area contributed by atoms with E-state index in [1.807, 2.05) is 67.6 Å². The average molecular weight is 488 g/mol. The zero-order chi connectivity index (χ0) is 22.3. The molecule has 4 rings (SSSR count). The molecule has 0 bridgehead atoms. The smallest absolute Gasteiger partial charge is 0.255 e. The van der Waals surface area contributed by atoms with Crippen molar-refractivity contribution in [3.63, 3.8) is 0 Å². The summed E-state index contributed by atoms with van der Waals surface area (Å²) in [4.78, 5) is 25.7. The Balaban J connectivity index is 1.50. The molecule has 0 unspecified atom stereocenters. The van der Waals surface area contributed by atoms with Crippen LogP contribution in [0.5, 0.6) is 0 Å². The van der Waals surface area contributed by atoms with Crippen molar-refractivity contribution in [3.8, 4) is 11.3 Å². The predicted octanol–water partition coefficient (Wildman–Crippen LogP) is 5.78. The van der Waals surface area contributed by atoms with Gasteiger partial charge in [-0.05, 0) is 66.9 Å². The van der Waals surface area contributed by atoms with Crippen LogP contribution in [0, 0.1) is 6.92 Å². The molecule has 0 radical (unpaired) electrons. The molecule has 0 spiro atoms. The number of amides is 1. The van der Waals surface area contributed by atoms with E-state index in [1.165, 1.54) is 5.56 Å². The van der Waals surface area contributed by atoms with E-state index in [4.69, 9.17) is 0 Å². The summed E-state index contributed by atoms with van der Waals surface area (Å²) in [6.45, 7) is 1.99. The molecule has 0 saturated heterocycles. The van der Waals surface area contributed by atoms with E-state index in [0.717, 1.165) is 34.3 Å². The molecule has 0 aliphatic rings. The van der Waals surface area contributed by atoms with Gasteiger partial charge in [0.25, 0.3) is 5.91 Å². The lowest BCUT2D eigenvalue weighted by atomic mass is 10.1. The molecule has 0 aliphatic heterocycles. The number of benzene rings is 2. The van der Waals surface area contributed by atoms with Crippen molar-refractivity contribution < 1.29 is 4.79 Å². The molecule has 0 fully saturated rings. The molecule has 2 heterocycles. The molecule has 32 heavy (non-hydrogen) atoms. The minimum Gasteiger partial charge on any atom is -0.324 e. The molecule has 0 saturated carbocycles. The van der Waals surface area contributed by atoms with E-state index in [-0.39, 0.29) is 5.91 Å². The molecule has 7 heteroatoms. The summed E-state index contributed by atoms with van der Waals surface area (Å²) in [6.07, 6.45) is 6.13. The molecule has 1 amide bonds. The number of pyridine rings is 1. The van der Waals surface area contributed by atoms with Crippen LogP contribution in [0.4, 0.5) is 17.3 Å². The summed E-state index contributed by atoms with van der Waals surface area (Å²) in [5.74, 6) is 0.320. The third-order valence-corrected chi connectivity index (χ3v) is 5.35. The number of hydrogen-bond acceptors (Lipinski definition) is 5. The lowest BCUT2D eigenvalue weighted by Gasteiger charge is -2.12. The lowest BCUT2D eigenvalue weighted by Crippen LogP contribution is -2.12. The van der Waals surface area contributed by atoms with Crippen LogP contribution in [0.2, 0.25) is 0 Å². The van der Waals surface area contributed by atoms with E-state index in [0.29, 0.717) is 17.2 Å². The normalized spacial score (nSPS) is 10.6. The molecule has 6 nitrogen and oxygen atoms in total. The summed E-state index contributed by atoms with van der Waals surface area (Å²) in [7, 11) is 0. The Hall–Kier alpha value is -3.58.